The van der Waals surface area contributed by atoms with Crippen molar-refractivity contribution in [2.45, 2.75) is 20.3 Å². The van der Waals surface area contributed by atoms with Gasteiger partial charge in [0.1, 0.15) is 5.75 Å². The lowest BCUT2D eigenvalue weighted by molar-refractivity contribution is -0.151. The molecule has 2 aromatic rings. The first-order chi connectivity index (χ1) is 16.3. The summed E-state index contributed by atoms with van der Waals surface area (Å²) < 4.78 is 15.4. The molecule has 0 saturated carbocycles. The smallest absolute Gasteiger partial charge is 0.338 e. The van der Waals surface area contributed by atoms with E-state index in [-0.39, 0.29) is 24.8 Å². The number of hydrogen-bond acceptors (Lipinski definition) is 7. The molecule has 9 nitrogen and oxygen atoms in total. The number of nitrogens with one attached hydrogen (secondary N) is 1. The fraction of sp³-hybridized carbons (Fsp3) is 0.360. The molecule has 34 heavy (non-hydrogen) atoms. The highest BCUT2D eigenvalue weighted by Crippen LogP contribution is 2.27. The fourth-order valence-electron chi connectivity index (χ4n) is 3.34. The average Bonchev–Trinajstić information content (AvgIpc) is 3.23. The molecule has 0 unspecified atom stereocenters. The summed E-state index contributed by atoms with van der Waals surface area (Å²) in [6.07, 6.45) is 0.0147. The molecule has 1 heterocycles. The maximum atomic E-state index is 12.4. The molecular weight excluding hydrogens is 440 g/mol. The summed E-state index contributed by atoms with van der Waals surface area (Å²) in [5, 5.41) is 2.60. The first-order valence-corrected chi connectivity index (χ1v) is 10.9. The van der Waals surface area contributed by atoms with E-state index in [2.05, 4.69) is 5.32 Å². The van der Waals surface area contributed by atoms with Crippen LogP contribution in [0.2, 0.25) is 0 Å². The molecule has 1 aliphatic heterocycles. The van der Waals surface area contributed by atoms with Gasteiger partial charge in [-0.05, 0) is 54.4 Å². The summed E-state index contributed by atoms with van der Waals surface area (Å²) in [5.41, 5.74) is 1.48. The summed E-state index contributed by atoms with van der Waals surface area (Å²) in [4.78, 5) is 50.4. The lowest BCUT2D eigenvalue weighted by Gasteiger charge is -2.16. The van der Waals surface area contributed by atoms with E-state index in [1.165, 1.54) is 4.90 Å². The molecular formula is C25H28N2O7. The second kappa shape index (κ2) is 11.3. The first kappa shape index (κ1) is 24.8. The zero-order valence-corrected chi connectivity index (χ0v) is 19.4. The van der Waals surface area contributed by atoms with E-state index in [0.29, 0.717) is 29.3 Å². The maximum Gasteiger partial charge on any atom is 0.338 e. The molecule has 1 fully saturated rings. The molecule has 0 spiro atoms. The molecule has 180 valence electrons. The normalized spacial score (nSPS) is 15.2. The van der Waals surface area contributed by atoms with E-state index in [9.17, 15) is 19.2 Å². The van der Waals surface area contributed by atoms with Crippen LogP contribution in [0.4, 0.5) is 11.4 Å². The Morgan fingerprint density at radius 1 is 1.03 bits per heavy atom. The third kappa shape index (κ3) is 6.57. The number of hydrogen-bond donors (Lipinski definition) is 1. The van der Waals surface area contributed by atoms with Crippen molar-refractivity contribution >= 4 is 35.1 Å². The van der Waals surface area contributed by atoms with E-state index < -0.39 is 30.4 Å². The Balaban J connectivity index is 1.46. The lowest BCUT2D eigenvalue weighted by Crippen LogP contribution is -2.28. The number of methoxy groups -OCH3 is 1. The molecule has 9 heteroatoms. The molecule has 1 N–H and O–H groups in total. The predicted octanol–water partition coefficient (Wildman–Crippen LogP) is 3.04. The van der Waals surface area contributed by atoms with E-state index in [0.717, 1.165) is 0 Å². The Bertz CT molecular complexity index is 1030. The number of esters is 2. The number of benzene rings is 2. The van der Waals surface area contributed by atoms with Gasteiger partial charge in [0.05, 0.1) is 25.2 Å². The molecule has 0 aromatic heterocycles. The molecule has 1 aliphatic rings. The summed E-state index contributed by atoms with van der Waals surface area (Å²) in [5.74, 6) is -1.52. The topological polar surface area (TPSA) is 111 Å². The number of rotatable bonds is 9. The first-order valence-electron chi connectivity index (χ1n) is 10.9. The van der Waals surface area contributed by atoms with Crippen LogP contribution in [0.1, 0.15) is 30.6 Å². The van der Waals surface area contributed by atoms with Gasteiger partial charge in [-0.25, -0.2) is 4.79 Å². The van der Waals surface area contributed by atoms with Gasteiger partial charge in [0.25, 0.3) is 5.91 Å². The van der Waals surface area contributed by atoms with Crippen molar-refractivity contribution in [2.75, 3.05) is 37.1 Å². The number of carbonyl (C=O) groups is 4. The summed E-state index contributed by atoms with van der Waals surface area (Å²) in [6.45, 7) is 3.91. The van der Waals surface area contributed by atoms with Gasteiger partial charge in [0.2, 0.25) is 5.91 Å². The van der Waals surface area contributed by atoms with Crippen molar-refractivity contribution in [1.82, 2.24) is 0 Å². The Hall–Kier alpha value is -3.88. The predicted molar refractivity (Wildman–Crippen MR) is 125 cm³/mol. The van der Waals surface area contributed by atoms with Gasteiger partial charge in [-0.2, -0.15) is 0 Å². The summed E-state index contributed by atoms with van der Waals surface area (Å²) in [7, 11) is 1.55. The van der Waals surface area contributed by atoms with Gasteiger partial charge in [-0.15, -0.1) is 0 Å². The van der Waals surface area contributed by atoms with Crippen molar-refractivity contribution in [1.29, 1.82) is 0 Å². The third-order valence-electron chi connectivity index (χ3n) is 5.14. The molecule has 2 amide bonds. The molecule has 2 aromatic carbocycles. The van der Waals surface area contributed by atoms with Crippen molar-refractivity contribution in [3.63, 3.8) is 0 Å². The van der Waals surface area contributed by atoms with Crippen LogP contribution in [0.25, 0.3) is 0 Å². The fourth-order valence-corrected chi connectivity index (χ4v) is 3.34. The van der Waals surface area contributed by atoms with Crippen molar-refractivity contribution in [3.05, 3.63) is 54.1 Å². The van der Waals surface area contributed by atoms with Gasteiger partial charge in [0, 0.05) is 24.3 Å². The van der Waals surface area contributed by atoms with Gasteiger partial charge in [0.15, 0.2) is 6.61 Å². The number of amides is 2. The minimum Gasteiger partial charge on any atom is -0.497 e. The SMILES string of the molecule is COc1ccc(N2C[C@H](C(=O)OCC(=O)Nc3ccc(C(=O)OCC(C)C)cc3)CC2=O)cc1. The van der Waals surface area contributed by atoms with Crippen LogP contribution in [0.15, 0.2) is 48.5 Å². The Morgan fingerprint density at radius 2 is 1.71 bits per heavy atom. The molecule has 3 rings (SSSR count). The standard InChI is InChI=1S/C25H28N2O7/c1-16(2)14-33-24(30)17-4-6-19(7-5-17)26-22(28)15-34-25(31)18-12-23(29)27(13-18)20-8-10-21(32-3)11-9-20/h4-11,16,18H,12-15H2,1-3H3,(H,26,28)/t18-/m1/s1. The van der Waals surface area contributed by atoms with Crippen LogP contribution in [-0.4, -0.2) is 50.6 Å². The minimum atomic E-state index is -0.654. The monoisotopic (exact) mass is 468 g/mol. The average molecular weight is 469 g/mol. The quantitative estimate of drug-likeness (QED) is 0.563. The Labute approximate surface area is 198 Å². The number of anilines is 2. The van der Waals surface area contributed by atoms with Crippen molar-refractivity contribution in [2.24, 2.45) is 11.8 Å². The van der Waals surface area contributed by atoms with Crippen LogP contribution in [-0.2, 0) is 23.9 Å². The summed E-state index contributed by atoms with van der Waals surface area (Å²) in [6, 6.07) is 13.2. The second-order valence-electron chi connectivity index (χ2n) is 8.33. The number of carbonyl (C=O) groups excluding carboxylic acids is 4. The molecule has 0 radical (unpaired) electrons. The largest absolute Gasteiger partial charge is 0.497 e. The van der Waals surface area contributed by atoms with Crippen LogP contribution < -0.4 is 15.0 Å². The van der Waals surface area contributed by atoms with Crippen LogP contribution in [0.5, 0.6) is 5.75 Å². The molecule has 0 bridgehead atoms. The highest BCUT2D eigenvalue weighted by molar-refractivity contribution is 6.00. The van der Waals surface area contributed by atoms with E-state index in [1.54, 1.807) is 55.6 Å². The minimum absolute atomic E-state index is 0.0147. The second-order valence-corrected chi connectivity index (χ2v) is 8.33. The van der Waals surface area contributed by atoms with Gasteiger partial charge in [-0.3, -0.25) is 14.4 Å². The Morgan fingerprint density at radius 3 is 2.32 bits per heavy atom. The number of ether oxygens (including phenoxy) is 3. The maximum absolute atomic E-state index is 12.4. The highest BCUT2D eigenvalue weighted by Gasteiger charge is 2.36. The molecule has 1 atom stereocenters. The van der Waals surface area contributed by atoms with E-state index in [4.69, 9.17) is 14.2 Å². The highest BCUT2D eigenvalue weighted by atomic mass is 16.5. The van der Waals surface area contributed by atoms with Crippen LogP contribution >= 0.6 is 0 Å². The molecule has 0 aliphatic carbocycles. The zero-order valence-electron chi connectivity index (χ0n) is 19.4. The van der Waals surface area contributed by atoms with Crippen molar-refractivity contribution in [3.8, 4) is 5.75 Å². The van der Waals surface area contributed by atoms with Gasteiger partial charge in [-0.1, -0.05) is 13.8 Å². The lowest BCUT2D eigenvalue weighted by atomic mass is 10.1. The number of nitrogens with zero attached hydrogens (tertiary/aromatic N) is 1. The zero-order chi connectivity index (χ0) is 24.7. The van der Waals surface area contributed by atoms with Crippen LogP contribution in [0.3, 0.4) is 0 Å². The third-order valence-corrected chi connectivity index (χ3v) is 5.14. The van der Waals surface area contributed by atoms with E-state index >= 15 is 0 Å². The van der Waals surface area contributed by atoms with Crippen LogP contribution in [0, 0.1) is 11.8 Å². The van der Waals surface area contributed by atoms with Gasteiger partial charge >= 0.3 is 11.9 Å². The Kier molecular flexibility index (Phi) is 8.24. The van der Waals surface area contributed by atoms with Gasteiger partial charge < -0.3 is 24.4 Å². The summed E-state index contributed by atoms with van der Waals surface area (Å²) >= 11 is 0. The van der Waals surface area contributed by atoms with E-state index in [1.807, 2.05) is 13.8 Å². The molecule has 1 saturated heterocycles. The van der Waals surface area contributed by atoms with Crippen molar-refractivity contribution < 1.29 is 33.4 Å².